The molecule has 1 fully saturated rings. The number of nitrogens with one attached hydrogen (secondary N) is 3. The Labute approximate surface area is 225 Å². The SMILES string of the molecule is CCCC(CC)N(C)C(=O)c1nc(C(=O)NCC(C)(C)O)sc1C1=CNC(NCC2CC2)C=C1C(F)(F)F. The van der Waals surface area contributed by atoms with Gasteiger partial charge in [-0.25, -0.2) is 4.98 Å². The number of carbonyl (C=O) groups is 2. The number of dihydropyridines is 1. The molecule has 2 atom stereocenters. The third-order valence-corrected chi connectivity index (χ3v) is 7.66. The molecule has 1 saturated carbocycles. The molecule has 4 N–H and O–H groups in total. The number of allylic oxidation sites excluding steroid dienone is 2. The van der Waals surface area contributed by atoms with Crippen molar-refractivity contribution in [3.05, 3.63) is 33.4 Å². The summed E-state index contributed by atoms with van der Waals surface area (Å²) in [6.07, 6.45) is 1.27. The van der Waals surface area contributed by atoms with E-state index in [0.29, 0.717) is 18.9 Å². The van der Waals surface area contributed by atoms with Crippen molar-refractivity contribution in [2.24, 2.45) is 5.92 Å². The van der Waals surface area contributed by atoms with Crippen molar-refractivity contribution in [2.45, 2.75) is 83.8 Å². The highest BCUT2D eigenvalue weighted by atomic mass is 32.1. The van der Waals surface area contributed by atoms with Gasteiger partial charge in [0.2, 0.25) is 0 Å². The molecule has 1 aromatic rings. The first-order valence-electron chi connectivity index (χ1n) is 13.0. The van der Waals surface area contributed by atoms with Crippen molar-refractivity contribution < 1.29 is 27.9 Å². The van der Waals surface area contributed by atoms with Crippen molar-refractivity contribution >= 4 is 28.7 Å². The molecule has 2 heterocycles. The fraction of sp³-hybridized carbons (Fsp3) is 0.654. The number of hydrogen-bond donors (Lipinski definition) is 4. The van der Waals surface area contributed by atoms with Crippen LogP contribution in [0.3, 0.4) is 0 Å². The van der Waals surface area contributed by atoms with E-state index in [1.54, 1.807) is 7.05 Å². The highest BCUT2D eigenvalue weighted by Gasteiger charge is 2.41. The minimum atomic E-state index is -4.69. The van der Waals surface area contributed by atoms with Gasteiger partial charge in [-0.2, -0.15) is 13.2 Å². The van der Waals surface area contributed by atoms with Crippen LogP contribution in [0.1, 0.15) is 85.0 Å². The Bertz CT molecular complexity index is 1070. The number of nitrogens with zero attached hydrogens (tertiary/aromatic N) is 2. The van der Waals surface area contributed by atoms with E-state index in [9.17, 15) is 27.9 Å². The first-order valence-corrected chi connectivity index (χ1v) is 13.8. The van der Waals surface area contributed by atoms with Gasteiger partial charge in [-0.3, -0.25) is 14.9 Å². The van der Waals surface area contributed by atoms with E-state index in [4.69, 9.17) is 0 Å². The van der Waals surface area contributed by atoms with E-state index >= 15 is 0 Å². The second kappa shape index (κ2) is 12.2. The fourth-order valence-electron chi connectivity index (χ4n) is 4.18. The standard InChI is InChI=1S/C26H38F3N5O3S/c1-6-8-16(7-2)34(5)24(36)20-21(38-23(33-20)22(35)32-14-25(3,4)37)17-13-31-19(30-12-15-9-10-15)11-18(17)26(27,28)29/h11,13,15-16,19,30-31,37H,6-10,12,14H2,1-5H3,(H,32,35). The highest BCUT2D eigenvalue weighted by Crippen LogP contribution is 2.41. The highest BCUT2D eigenvalue weighted by molar-refractivity contribution is 7.15. The molecular formula is C26H38F3N5O3S. The number of aliphatic hydroxyl groups is 1. The second-order valence-corrected chi connectivity index (χ2v) is 11.6. The number of rotatable bonds is 12. The summed E-state index contributed by atoms with van der Waals surface area (Å²) in [5.74, 6) is -0.744. The first-order chi connectivity index (χ1) is 17.7. The van der Waals surface area contributed by atoms with Crippen LogP contribution in [0.4, 0.5) is 13.2 Å². The number of alkyl halides is 3. The maximum absolute atomic E-state index is 14.3. The van der Waals surface area contributed by atoms with Crippen LogP contribution in [0.5, 0.6) is 0 Å². The number of amides is 2. The Hall–Kier alpha value is -2.44. The lowest BCUT2D eigenvalue weighted by molar-refractivity contribution is -0.0877. The summed E-state index contributed by atoms with van der Waals surface area (Å²) in [6.45, 7) is 7.47. The molecular weight excluding hydrogens is 519 g/mol. The fourth-order valence-corrected chi connectivity index (χ4v) is 5.18. The van der Waals surface area contributed by atoms with Gasteiger partial charge in [-0.05, 0) is 51.5 Å². The van der Waals surface area contributed by atoms with E-state index in [1.807, 2.05) is 13.8 Å². The Balaban J connectivity index is 2.01. The van der Waals surface area contributed by atoms with Gasteiger partial charge in [0.05, 0.1) is 22.2 Å². The van der Waals surface area contributed by atoms with Gasteiger partial charge in [0, 0.05) is 38.0 Å². The zero-order valence-corrected chi connectivity index (χ0v) is 23.4. The minimum Gasteiger partial charge on any atom is -0.389 e. The lowest BCUT2D eigenvalue weighted by atomic mass is 9.99. The summed E-state index contributed by atoms with van der Waals surface area (Å²) in [4.78, 5) is 32.1. The molecule has 12 heteroatoms. The molecule has 0 saturated heterocycles. The smallest absolute Gasteiger partial charge is 0.389 e. The van der Waals surface area contributed by atoms with Crippen LogP contribution in [0, 0.1) is 5.92 Å². The molecule has 212 valence electrons. The Kier molecular flexibility index (Phi) is 9.64. The van der Waals surface area contributed by atoms with Crippen LogP contribution in [0.2, 0.25) is 0 Å². The van der Waals surface area contributed by atoms with Crippen LogP contribution in [0.25, 0.3) is 5.57 Å². The number of carbonyl (C=O) groups excluding carboxylic acids is 2. The Morgan fingerprint density at radius 1 is 1.29 bits per heavy atom. The van der Waals surface area contributed by atoms with Crippen LogP contribution < -0.4 is 16.0 Å². The predicted octanol–water partition coefficient (Wildman–Crippen LogP) is 4.05. The molecule has 8 nitrogen and oxygen atoms in total. The molecule has 1 aliphatic carbocycles. The van der Waals surface area contributed by atoms with Crippen LogP contribution in [-0.4, -0.2) is 70.9 Å². The molecule has 2 aliphatic rings. The Morgan fingerprint density at radius 3 is 2.53 bits per heavy atom. The average Bonchev–Trinajstić information content (AvgIpc) is 3.58. The van der Waals surface area contributed by atoms with Gasteiger partial charge >= 0.3 is 6.18 Å². The van der Waals surface area contributed by atoms with Crippen molar-refractivity contribution in [1.82, 2.24) is 25.8 Å². The lowest BCUT2D eigenvalue weighted by Crippen LogP contribution is -2.42. The van der Waals surface area contributed by atoms with Crippen molar-refractivity contribution in [3.8, 4) is 0 Å². The molecule has 2 unspecified atom stereocenters. The van der Waals surface area contributed by atoms with Crippen LogP contribution in [-0.2, 0) is 0 Å². The van der Waals surface area contributed by atoms with Gasteiger partial charge in [0.15, 0.2) is 5.01 Å². The molecule has 3 rings (SSSR count). The number of aromatic nitrogens is 1. The van der Waals surface area contributed by atoms with E-state index in [0.717, 1.165) is 43.1 Å². The maximum atomic E-state index is 14.3. The topological polar surface area (TPSA) is 107 Å². The van der Waals surface area contributed by atoms with Crippen LogP contribution in [0.15, 0.2) is 17.8 Å². The van der Waals surface area contributed by atoms with E-state index in [2.05, 4.69) is 20.9 Å². The molecule has 0 bridgehead atoms. The van der Waals surface area contributed by atoms with Crippen molar-refractivity contribution in [1.29, 1.82) is 0 Å². The summed E-state index contributed by atoms with van der Waals surface area (Å²) in [6, 6.07) is -0.124. The van der Waals surface area contributed by atoms with Gasteiger partial charge in [0.25, 0.3) is 11.8 Å². The molecule has 0 radical (unpaired) electrons. The second-order valence-electron chi connectivity index (χ2n) is 10.6. The molecule has 38 heavy (non-hydrogen) atoms. The van der Waals surface area contributed by atoms with E-state index in [1.165, 1.54) is 24.9 Å². The quantitative estimate of drug-likeness (QED) is 0.309. The Morgan fingerprint density at radius 2 is 1.97 bits per heavy atom. The first kappa shape index (κ1) is 30.1. The predicted molar refractivity (Wildman–Crippen MR) is 142 cm³/mol. The summed E-state index contributed by atoms with van der Waals surface area (Å²) < 4.78 is 42.8. The third-order valence-electron chi connectivity index (χ3n) is 6.57. The maximum Gasteiger partial charge on any atom is 0.416 e. The number of hydrogen-bond acceptors (Lipinski definition) is 7. The lowest BCUT2D eigenvalue weighted by Gasteiger charge is -2.28. The molecule has 0 aromatic carbocycles. The van der Waals surface area contributed by atoms with Gasteiger partial charge < -0.3 is 20.6 Å². The summed E-state index contributed by atoms with van der Waals surface area (Å²) in [7, 11) is 1.61. The van der Waals surface area contributed by atoms with Crippen molar-refractivity contribution in [3.63, 3.8) is 0 Å². The zero-order valence-electron chi connectivity index (χ0n) is 22.5. The van der Waals surface area contributed by atoms with Gasteiger partial charge in [-0.1, -0.05) is 20.3 Å². The van der Waals surface area contributed by atoms with Gasteiger partial charge in [0.1, 0.15) is 5.69 Å². The number of thiazole rings is 1. The summed E-state index contributed by atoms with van der Waals surface area (Å²) in [5, 5.41) is 18.4. The average molecular weight is 558 g/mol. The summed E-state index contributed by atoms with van der Waals surface area (Å²) >= 11 is 0.731. The monoisotopic (exact) mass is 557 g/mol. The van der Waals surface area contributed by atoms with Gasteiger partial charge in [-0.15, -0.1) is 11.3 Å². The molecule has 2 amide bonds. The third kappa shape index (κ3) is 7.79. The van der Waals surface area contributed by atoms with E-state index in [-0.39, 0.29) is 33.7 Å². The minimum absolute atomic E-state index is 0.0293. The van der Waals surface area contributed by atoms with E-state index < -0.39 is 35.3 Å². The normalized spacial score (nSPS) is 18.8. The largest absolute Gasteiger partial charge is 0.416 e. The van der Waals surface area contributed by atoms with Crippen molar-refractivity contribution in [2.75, 3.05) is 20.1 Å². The molecule has 0 spiro atoms. The molecule has 1 aliphatic heterocycles. The molecule has 1 aromatic heterocycles. The van der Waals surface area contributed by atoms with Crippen LogP contribution >= 0.6 is 11.3 Å². The number of halogens is 3. The zero-order chi connectivity index (χ0) is 28.3. The summed E-state index contributed by atoms with van der Waals surface area (Å²) in [5.41, 5.74) is -2.53.